The smallest absolute Gasteiger partial charge is 0.304 e. The zero-order valence-corrected chi connectivity index (χ0v) is 26.6. The summed E-state index contributed by atoms with van der Waals surface area (Å²) in [5, 5.41) is 22.0. The van der Waals surface area contributed by atoms with Crippen molar-refractivity contribution in [1.82, 2.24) is 24.3 Å². The second kappa shape index (κ2) is 11.5. The molecule has 10 nitrogen and oxygen atoms in total. The number of thiophene rings is 1. The van der Waals surface area contributed by atoms with E-state index >= 15 is 0 Å². The highest BCUT2D eigenvalue weighted by Crippen LogP contribution is 2.58. The molecule has 1 aliphatic rings. The number of hydrogen-bond acceptors (Lipinski definition) is 9. The Morgan fingerprint density at radius 2 is 2.05 bits per heavy atom. The van der Waals surface area contributed by atoms with Gasteiger partial charge in [0, 0.05) is 30.4 Å². The van der Waals surface area contributed by atoms with Crippen LogP contribution in [0.3, 0.4) is 0 Å². The monoisotopic (exact) mass is 661 g/mol. The van der Waals surface area contributed by atoms with Crippen LogP contribution in [0, 0.1) is 6.92 Å². The van der Waals surface area contributed by atoms with Gasteiger partial charge >= 0.3 is 5.97 Å². The van der Waals surface area contributed by atoms with Crippen molar-refractivity contribution in [2.45, 2.75) is 50.2 Å². The van der Waals surface area contributed by atoms with E-state index in [1.54, 1.807) is 22.1 Å². The van der Waals surface area contributed by atoms with E-state index in [9.17, 15) is 19.0 Å². The fourth-order valence-corrected chi connectivity index (χ4v) is 8.72. The summed E-state index contributed by atoms with van der Waals surface area (Å²) in [6.07, 6.45) is 1.52. The number of aromatic nitrogens is 4. The van der Waals surface area contributed by atoms with Crippen LogP contribution in [0.15, 0.2) is 46.8 Å². The summed E-state index contributed by atoms with van der Waals surface area (Å²) in [7, 11) is -1.78. The van der Waals surface area contributed by atoms with Gasteiger partial charge in [-0.1, -0.05) is 41.4 Å². The molecule has 0 saturated carbocycles. The third-order valence-corrected chi connectivity index (χ3v) is 11.2. The number of carbonyl (C=O) groups is 1. The Kier molecular flexibility index (Phi) is 8.05. The number of nitrogens with zero attached hydrogens (tertiary/aromatic N) is 5. The third-order valence-electron chi connectivity index (χ3n) is 7.86. The van der Waals surface area contributed by atoms with Crippen LogP contribution in [0.25, 0.3) is 21.1 Å². The molecule has 0 bridgehead atoms. The van der Waals surface area contributed by atoms with Crippen LogP contribution in [-0.2, 0) is 18.4 Å². The summed E-state index contributed by atoms with van der Waals surface area (Å²) in [6, 6.07) is 9.22. The van der Waals surface area contributed by atoms with E-state index in [1.807, 2.05) is 37.4 Å². The van der Waals surface area contributed by atoms with Crippen molar-refractivity contribution in [3.63, 3.8) is 0 Å². The number of ether oxygens (including phenoxy) is 1. The van der Waals surface area contributed by atoms with Gasteiger partial charge in [-0.05, 0) is 70.6 Å². The molecule has 0 radical (unpaired) electrons. The SMILES string of the molecule is CC[C@@H]1CN(Cc2cc(C(CC(=O)O)c3cc(Cl)c4c(nnn4C)c3C)cc3ccsc23)S(O)(O)c2cc(Cl)cnc2O1. The lowest BCUT2D eigenvalue weighted by molar-refractivity contribution is -0.137. The standard InChI is InChI=1S/C29H29Cl2N5O5S2/c1-4-20-14-36(43(39,40)24-9-19(30)12-32-29(24)41-20)13-18-8-17(7-16-5-6-42-28(16)18)22(11-25(37)38)21-10-23(31)27-26(15(21)2)33-34-35(27)3/h5-10,12,20,22,39-40H,4,11,13-14H2,1-3H3,(H,37,38)/t20-,22?/m1/s1. The lowest BCUT2D eigenvalue weighted by Gasteiger charge is -2.41. The molecule has 0 saturated heterocycles. The van der Waals surface area contributed by atoms with Crippen LogP contribution in [-0.4, -0.2) is 57.1 Å². The number of rotatable bonds is 7. The minimum atomic E-state index is -3.54. The number of carboxylic acids is 1. The molecule has 3 aromatic heterocycles. The molecule has 14 heteroatoms. The predicted octanol–water partition coefficient (Wildman–Crippen LogP) is 7.50. The maximum Gasteiger partial charge on any atom is 0.304 e. The van der Waals surface area contributed by atoms with E-state index in [4.69, 9.17) is 27.9 Å². The molecule has 226 valence electrons. The van der Waals surface area contributed by atoms with Crippen LogP contribution < -0.4 is 4.74 Å². The highest BCUT2D eigenvalue weighted by Gasteiger charge is 2.36. The summed E-state index contributed by atoms with van der Waals surface area (Å²) >= 11 is 14.4. The van der Waals surface area contributed by atoms with Gasteiger partial charge in [0.05, 0.1) is 23.0 Å². The first-order valence-corrected chi connectivity index (χ1v) is 16.7. The van der Waals surface area contributed by atoms with Gasteiger partial charge in [-0.25, -0.2) is 9.67 Å². The number of pyridine rings is 1. The normalized spacial score (nSPS) is 18.3. The van der Waals surface area contributed by atoms with Crippen LogP contribution in [0.1, 0.15) is 47.9 Å². The van der Waals surface area contributed by atoms with Gasteiger partial charge in [0.2, 0.25) is 5.88 Å². The van der Waals surface area contributed by atoms with Crippen LogP contribution in [0.5, 0.6) is 5.88 Å². The molecule has 2 aromatic carbocycles. The van der Waals surface area contributed by atoms with Crippen molar-refractivity contribution >= 4 is 72.4 Å². The Labute approximate surface area is 263 Å². The molecule has 3 N–H and O–H groups in total. The molecule has 5 aromatic rings. The highest BCUT2D eigenvalue weighted by atomic mass is 35.5. The molecule has 1 aliphatic heterocycles. The van der Waals surface area contributed by atoms with Crippen molar-refractivity contribution in [3.05, 3.63) is 74.2 Å². The van der Waals surface area contributed by atoms with Gasteiger partial charge in [-0.2, -0.15) is 4.31 Å². The summed E-state index contributed by atoms with van der Waals surface area (Å²) in [5.41, 5.74) is 4.44. The summed E-state index contributed by atoms with van der Waals surface area (Å²) < 4.78 is 33.5. The molecule has 43 heavy (non-hydrogen) atoms. The molecule has 1 unspecified atom stereocenters. The number of aryl methyl sites for hydroxylation is 2. The minimum absolute atomic E-state index is 0.140. The average molecular weight is 663 g/mol. The summed E-state index contributed by atoms with van der Waals surface area (Å²) in [6.45, 7) is 4.27. The molecular weight excluding hydrogens is 633 g/mol. The Hall–Kier alpha value is -2.97. The Balaban J connectivity index is 1.48. The molecule has 0 fully saturated rings. The molecular formula is C29H29Cl2N5O5S2. The maximum absolute atomic E-state index is 12.2. The highest BCUT2D eigenvalue weighted by molar-refractivity contribution is 8.22. The number of aliphatic carboxylic acids is 1. The molecule has 4 heterocycles. The van der Waals surface area contributed by atoms with Gasteiger partial charge < -0.3 is 9.84 Å². The number of fused-ring (bicyclic) bond motifs is 3. The van der Waals surface area contributed by atoms with Crippen LogP contribution in [0.4, 0.5) is 0 Å². The molecule has 0 amide bonds. The van der Waals surface area contributed by atoms with Gasteiger partial charge in [0.25, 0.3) is 0 Å². The van der Waals surface area contributed by atoms with Crippen molar-refractivity contribution in [2.24, 2.45) is 7.05 Å². The zero-order chi connectivity index (χ0) is 30.6. The second-order valence-electron chi connectivity index (χ2n) is 10.6. The van der Waals surface area contributed by atoms with Gasteiger partial charge in [-0.3, -0.25) is 13.9 Å². The van der Waals surface area contributed by atoms with E-state index in [2.05, 4.69) is 15.3 Å². The lowest BCUT2D eigenvalue weighted by Crippen LogP contribution is -2.34. The molecule has 2 atom stereocenters. The van der Waals surface area contributed by atoms with Gasteiger partial charge in [0.1, 0.15) is 22.0 Å². The Bertz CT molecular complexity index is 1880. The Morgan fingerprint density at radius 3 is 2.79 bits per heavy atom. The third kappa shape index (κ3) is 5.46. The van der Waals surface area contributed by atoms with Crippen LogP contribution in [0.2, 0.25) is 10.0 Å². The van der Waals surface area contributed by atoms with Crippen molar-refractivity contribution < 1.29 is 23.7 Å². The van der Waals surface area contributed by atoms with Crippen LogP contribution >= 0.6 is 45.3 Å². The van der Waals surface area contributed by atoms with Crippen molar-refractivity contribution in [2.75, 3.05) is 6.54 Å². The molecule has 0 aliphatic carbocycles. The van der Waals surface area contributed by atoms with Gasteiger partial charge in [-0.15, -0.1) is 27.2 Å². The molecule has 0 spiro atoms. The zero-order valence-electron chi connectivity index (χ0n) is 23.5. The van der Waals surface area contributed by atoms with Gasteiger partial charge in [0.15, 0.2) is 0 Å². The first kappa shape index (κ1) is 30.1. The lowest BCUT2D eigenvalue weighted by atomic mass is 9.84. The fourth-order valence-electron chi connectivity index (χ4n) is 5.69. The van der Waals surface area contributed by atoms with Crippen molar-refractivity contribution in [3.8, 4) is 5.88 Å². The quantitative estimate of drug-likeness (QED) is 0.162. The number of carboxylic acid groups (broad SMARTS) is 1. The summed E-state index contributed by atoms with van der Waals surface area (Å²) in [4.78, 5) is 16.6. The number of halogens is 2. The second-order valence-corrected chi connectivity index (χ2v) is 14.4. The molecule has 6 rings (SSSR count). The van der Waals surface area contributed by atoms with E-state index in [-0.39, 0.29) is 41.4 Å². The first-order valence-electron chi connectivity index (χ1n) is 13.5. The fraction of sp³-hybridized carbons (Fsp3) is 0.310. The maximum atomic E-state index is 12.2. The summed E-state index contributed by atoms with van der Waals surface area (Å²) in [5.74, 6) is -1.36. The number of benzene rings is 2. The predicted molar refractivity (Wildman–Crippen MR) is 170 cm³/mol. The van der Waals surface area contributed by atoms with E-state index < -0.39 is 22.7 Å². The van der Waals surface area contributed by atoms with Crippen molar-refractivity contribution in [1.29, 1.82) is 0 Å². The Morgan fingerprint density at radius 1 is 1.26 bits per heavy atom. The first-order chi connectivity index (χ1) is 20.5. The average Bonchev–Trinajstić information content (AvgIpc) is 3.58. The number of hydrogen-bond donors (Lipinski definition) is 3. The van der Waals surface area contributed by atoms with E-state index in [1.165, 1.54) is 23.6 Å². The minimum Gasteiger partial charge on any atom is -0.481 e. The topological polar surface area (TPSA) is 134 Å². The van der Waals surface area contributed by atoms with E-state index in [0.29, 0.717) is 22.5 Å². The largest absolute Gasteiger partial charge is 0.481 e. The van der Waals surface area contributed by atoms with E-state index in [0.717, 1.165) is 32.3 Å².